The first-order valence-electron chi connectivity index (χ1n) is 10.0. The van der Waals surface area contributed by atoms with Gasteiger partial charge in [-0.2, -0.15) is 0 Å². The van der Waals surface area contributed by atoms with E-state index in [9.17, 15) is 19.5 Å². The molecule has 1 saturated carbocycles. The summed E-state index contributed by atoms with van der Waals surface area (Å²) in [6, 6.07) is 7.21. The summed E-state index contributed by atoms with van der Waals surface area (Å²) < 4.78 is 5.56. The van der Waals surface area contributed by atoms with E-state index in [-0.39, 0.29) is 17.7 Å². The van der Waals surface area contributed by atoms with Crippen molar-refractivity contribution >= 4 is 17.8 Å². The maximum Gasteiger partial charge on any atom is 0.306 e. The number of rotatable bonds is 5. The van der Waals surface area contributed by atoms with Gasteiger partial charge in [-0.1, -0.05) is 18.6 Å². The van der Waals surface area contributed by atoms with Crippen LogP contribution in [0.2, 0.25) is 0 Å². The number of hydrogen-bond donors (Lipinski definition) is 1. The second-order valence-corrected chi connectivity index (χ2v) is 7.45. The molecular formula is C21H28N2O5. The fourth-order valence-corrected chi connectivity index (χ4v) is 4.12. The number of carbonyl (C=O) groups is 3. The lowest BCUT2D eigenvalue weighted by atomic mass is 9.80. The number of aliphatic carboxylic acids is 1. The van der Waals surface area contributed by atoms with Crippen LogP contribution in [0.5, 0.6) is 5.75 Å². The Bertz CT molecular complexity index is 727. The molecule has 1 heterocycles. The molecule has 1 N–H and O–H groups in total. The molecule has 2 fully saturated rings. The maximum atomic E-state index is 12.9. The van der Waals surface area contributed by atoms with Crippen molar-refractivity contribution in [3.63, 3.8) is 0 Å². The van der Waals surface area contributed by atoms with Crippen LogP contribution in [0.3, 0.4) is 0 Å². The molecular weight excluding hydrogens is 360 g/mol. The van der Waals surface area contributed by atoms with Gasteiger partial charge in [-0.25, -0.2) is 0 Å². The van der Waals surface area contributed by atoms with Crippen molar-refractivity contribution in [3.05, 3.63) is 29.8 Å². The Morgan fingerprint density at radius 2 is 1.68 bits per heavy atom. The zero-order valence-corrected chi connectivity index (χ0v) is 16.3. The molecule has 7 nitrogen and oxygen atoms in total. The summed E-state index contributed by atoms with van der Waals surface area (Å²) in [7, 11) is 0. The van der Waals surface area contributed by atoms with E-state index in [1.807, 2.05) is 19.1 Å². The lowest BCUT2D eigenvalue weighted by molar-refractivity contribution is -0.146. The van der Waals surface area contributed by atoms with Gasteiger partial charge in [0.1, 0.15) is 5.75 Å². The van der Waals surface area contributed by atoms with Crippen LogP contribution < -0.4 is 4.74 Å². The third-order valence-corrected chi connectivity index (χ3v) is 5.67. The summed E-state index contributed by atoms with van der Waals surface area (Å²) in [5.74, 6) is -0.903. The monoisotopic (exact) mass is 388 g/mol. The highest BCUT2D eigenvalue weighted by atomic mass is 16.5. The van der Waals surface area contributed by atoms with Gasteiger partial charge >= 0.3 is 5.97 Å². The molecule has 0 aromatic heterocycles. The number of para-hydroxylation sites is 1. The number of carbonyl (C=O) groups excluding carboxylic acids is 2. The molecule has 1 saturated heterocycles. The summed E-state index contributed by atoms with van der Waals surface area (Å²) >= 11 is 0. The first-order chi connectivity index (χ1) is 13.5. The zero-order valence-electron chi connectivity index (χ0n) is 16.3. The average Bonchev–Trinajstić information content (AvgIpc) is 2.73. The van der Waals surface area contributed by atoms with Crippen LogP contribution in [0.25, 0.3) is 0 Å². The van der Waals surface area contributed by atoms with Crippen molar-refractivity contribution < 1.29 is 24.2 Å². The van der Waals surface area contributed by atoms with Crippen LogP contribution in [-0.4, -0.2) is 65.5 Å². The predicted octanol–water partition coefficient (Wildman–Crippen LogP) is 2.26. The smallest absolute Gasteiger partial charge is 0.306 e. The molecule has 0 radical (unpaired) electrons. The molecule has 0 bridgehead atoms. The van der Waals surface area contributed by atoms with E-state index in [0.717, 1.165) is 12.8 Å². The number of ether oxygens (including phenoxy) is 1. The van der Waals surface area contributed by atoms with E-state index in [2.05, 4.69) is 0 Å². The highest BCUT2D eigenvalue weighted by molar-refractivity contribution is 5.97. The van der Waals surface area contributed by atoms with Gasteiger partial charge in [0.15, 0.2) is 0 Å². The van der Waals surface area contributed by atoms with Crippen LogP contribution in [0.1, 0.15) is 43.0 Å². The van der Waals surface area contributed by atoms with Crippen LogP contribution >= 0.6 is 0 Å². The van der Waals surface area contributed by atoms with Gasteiger partial charge in [0.25, 0.3) is 5.91 Å². The fourth-order valence-electron chi connectivity index (χ4n) is 4.12. The maximum absolute atomic E-state index is 12.9. The Morgan fingerprint density at radius 1 is 1.04 bits per heavy atom. The first kappa shape index (κ1) is 20.2. The van der Waals surface area contributed by atoms with Crippen molar-refractivity contribution in [2.75, 3.05) is 32.8 Å². The van der Waals surface area contributed by atoms with Gasteiger partial charge in [-0.15, -0.1) is 0 Å². The minimum atomic E-state index is -0.805. The minimum absolute atomic E-state index is 0.0350. The number of carboxylic acids is 1. The second-order valence-electron chi connectivity index (χ2n) is 7.45. The van der Waals surface area contributed by atoms with Gasteiger partial charge in [-0.3, -0.25) is 14.4 Å². The van der Waals surface area contributed by atoms with Gasteiger partial charge in [0.05, 0.1) is 18.1 Å². The van der Waals surface area contributed by atoms with Gasteiger partial charge < -0.3 is 19.6 Å². The standard InChI is InChI=1S/C21H28N2O5/c1-2-28-18-9-4-3-8-17(18)20(25)23-12-10-22(11-13-23)19(24)15-6-5-7-16(14-15)21(26)27/h3-4,8-9,15-16H,2,5-7,10-14H2,1H3,(H,26,27). The van der Waals surface area contributed by atoms with Crippen LogP contribution in [0.4, 0.5) is 0 Å². The predicted molar refractivity (Wildman–Crippen MR) is 103 cm³/mol. The van der Waals surface area contributed by atoms with Crippen molar-refractivity contribution in [2.45, 2.75) is 32.6 Å². The van der Waals surface area contributed by atoms with Gasteiger partial charge in [0, 0.05) is 32.1 Å². The largest absolute Gasteiger partial charge is 0.493 e. The summed E-state index contributed by atoms with van der Waals surface area (Å²) in [5.41, 5.74) is 0.542. The number of amides is 2. The number of nitrogens with zero attached hydrogens (tertiary/aromatic N) is 2. The van der Waals surface area contributed by atoms with E-state index >= 15 is 0 Å². The van der Waals surface area contributed by atoms with Crippen LogP contribution in [0.15, 0.2) is 24.3 Å². The fraction of sp³-hybridized carbons (Fsp3) is 0.571. The van der Waals surface area contributed by atoms with E-state index in [1.165, 1.54) is 0 Å². The first-order valence-corrected chi connectivity index (χ1v) is 10.0. The summed E-state index contributed by atoms with van der Waals surface area (Å²) in [6.07, 6.45) is 2.61. The molecule has 1 aromatic rings. The molecule has 2 unspecified atom stereocenters. The lowest BCUT2D eigenvalue weighted by Crippen LogP contribution is -2.52. The lowest BCUT2D eigenvalue weighted by Gasteiger charge is -2.38. The minimum Gasteiger partial charge on any atom is -0.493 e. The molecule has 7 heteroatoms. The van der Waals surface area contributed by atoms with Crippen molar-refractivity contribution in [1.29, 1.82) is 0 Å². The molecule has 28 heavy (non-hydrogen) atoms. The Kier molecular flexibility index (Phi) is 6.54. The number of hydrogen-bond acceptors (Lipinski definition) is 4. The summed E-state index contributed by atoms with van der Waals surface area (Å²) in [6.45, 7) is 4.28. The molecule has 0 spiro atoms. The SMILES string of the molecule is CCOc1ccccc1C(=O)N1CCN(C(=O)C2CCCC(C(=O)O)C2)CC1. The van der Waals surface area contributed by atoms with Gasteiger partial charge in [0.2, 0.25) is 5.91 Å². The molecule has 1 aliphatic heterocycles. The number of benzene rings is 1. The molecule has 1 aliphatic carbocycles. The molecule has 2 atom stereocenters. The number of piperazine rings is 1. The molecule has 3 rings (SSSR count). The molecule has 2 aliphatic rings. The van der Waals surface area contributed by atoms with Crippen molar-refractivity contribution in [2.24, 2.45) is 11.8 Å². The Labute approximate surface area is 165 Å². The summed E-state index contributed by atoms with van der Waals surface area (Å²) in [5, 5.41) is 9.23. The van der Waals surface area contributed by atoms with Crippen molar-refractivity contribution in [1.82, 2.24) is 9.80 Å². The van der Waals surface area contributed by atoms with E-state index in [0.29, 0.717) is 56.9 Å². The highest BCUT2D eigenvalue weighted by Crippen LogP contribution is 2.31. The molecule has 2 amide bonds. The molecule has 1 aromatic carbocycles. The van der Waals surface area contributed by atoms with Crippen LogP contribution in [0, 0.1) is 11.8 Å². The third-order valence-electron chi connectivity index (χ3n) is 5.67. The summed E-state index contributed by atoms with van der Waals surface area (Å²) in [4.78, 5) is 40.5. The second kappa shape index (κ2) is 9.08. The van der Waals surface area contributed by atoms with E-state index in [4.69, 9.17) is 4.74 Å². The highest BCUT2D eigenvalue weighted by Gasteiger charge is 2.35. The molecule has 152 valence electrons. The van der Waals surface area contributed by atoms with Gasteiger partial charge in [-0.05, 0) is 38.3 Å². The third kappa shape index (κ3) is 4.46. The van der Waals surface area contributed by atoms with Crippen LogP contribution in [-0.2, 0) is 9.59 Å². The van der Waals surface area contributed by atoms with E-state index < -0.39 is 11.9 Å². The average molecular weight is 388 g/mol. The topological polar surface area (TPSA) is 87.2 Å². The Hall–Kier alpha value is -2.57. The normalized spacial score (nSPS) is 22.6. The Balaban J connectivity index is 1.58. The quantitative estimate of drug-likeness (QED) is 0.836. The Morgan fingerprint density at radius 3 is 2.36 bits per heavy atom. The zero-order chi connectivity index (χ0) is 20.1. The number of carboxylic acid groups (broad SMARTS) is 1. The van der Waals surface area contributed by atoms with Crippen molar-refractivity contribution in [3.8, 4) is 5.75 Å². The van der Waals surface area contributed by atoms with E-state index in [1.54, 1.807) is 21.9 Å².